The van der Waals surface area contributed by atoms with Crippen LogP contribution < -0.4 is 9.64 Å². The molecular formula is C22H19ClN4O3. The van der Waals surface area contributed by atoms with Gasteiger partial charge in [0.2, 0.25) is 11.8 Å². The van der Waals surface area contributed by atoms with E-state index < -0.39 is 0 Å². The summed E-state index contributed by atoms with van der Waals surface area (Å²) in [4.78, 5) is 22.1. The largest absolute Gasteiger partial charge is 0.495 e. The number of nitrogens with zero attached hydrogens (tertiary/aromatic N) is 3. The zero-order chi connectivity index (χ0) is 20.7. The number of carbonyl (C=O) groups is 1. The zero-order valence-electron chi connectivity index (χ0n) is 16.3. The maximum absolute atomic E-state index is 12.6. The highest BCUT2D eigenvalue weighted by atomic mass is 35.5. The van der Waals surface area contributed by atoms with Gasteiger partial charge in [-0.2, -0.15) is 4.98 Å². The molecule has 0 spiro atoms. The summed E-state index contributed by atoms with van der Waals surface area (Å²) in [7, 11) is 1.56. The number of nitrogens with one attached hydrogen (secondary N) is 1. The Morgan fingerprint density at radius 3 is 3.00 bits per heavy atom. The molecule has 30 heavy (non-hydrogen) atoms. The van der Waals surface area contributed by atoms with Crippen LogP contribution in [0.3, 0.4) is 0 Å². The number of hydrogen-bond acceptors (Lipinski definition) is 5. The molecule has 0 radical (unpaired) electrons. The quantitative estimate of drug-likeness (QED) is 0.517. The smallest absolute Gasteiger partial charge is 0.231 e. The van der Waals surface area contributed by atoms with Crippen LogP contribution in [0.1, 0.15) is 29.6 Å². The lowest BCUT2D eigenvalue weighted by atomic mass is 10.1. The topological polar surface area (TPSA) is 84.2 Å². The van der Waals surface area contributed by atoms with E-state index in [1.807, 2.05) is 30.5 Å². The van der Waals surface area contributed by atoms with Gasteiger partial charge in [-0.05, 0) is 29.8 Å². The van der Waals surface area contributed by atoms with Gasteiger partial charge in [0.15, 0.2) is 5.82 Å². The molecule has 1 aliphatic heterocycles. The van der Waals surface area contributed by atoms with Gasteiger partial charge < -0.3 is 19.1 Å². The second kappa shape index (κ2) is 7.50. The lowest BCUT2D eigenvalue weighted by molar-refractivity contribution is -0.117. The average Bonchev–Trinajstić information content (AvgIpc) is 3.47. The number of methoxy groups -OCH3 is 1. The number of amides is 1. The lowest BCUT2D eigenvalue weighted by Crippen LogP contribution is -2.24. The summed E-state index contributed by atoms with van der Waals surface area (Å²) in [6.45, 7) is 0.480. The fraction of sp³-hybridized carbons (Fsp3) is 0.227. The van der Waals surface area contributed by atoms with Crippen molar-refractivity contribution in [1.82, 2.24) is 15.1 Å². The third-order valence-electron chi connectivity index (χ3n) is 5.44. The summed E-state index contributed by atoms with van der Waals surface area (Å²) < 4.78 is 10.7. The Kier molecular flexibility index (Phi) is 4.67. The van der Waals surface area contributed by atoms with E-state index in [2.05, 4.69) is 21.2 Å². The molecule has 0 aliphatic carbocycles. The summed E-state index contributed by atoms with van der Waals surface area (Å²) in [6, 6.07) is 13.4. The Labute approximate surface area is 177 Å². The van der Waals surface area contributed by atoms with Crippen molar-refractivity contribution in [2.24, 2.45) is 0 Å². The molecule has 3 heterocycles. The molecule has 2 aromatic heterocycles. The van der Waals surface area contributed by atoms with Crippen molar-refractivity contribution in [2.75, 3.05) is 18.6 Å². The Bertz CT molecular complexity index is 1230. The van der Waals surface area contributed by atoms with E-state index >= 15 is 0 Å². The second-order valence-electron chi connectivity index (χ2n) is 7.31. The highest BCUT2D eigenvalue weighted by molar-refractivity contribution is 6.32. The van der Waals surface area contributed by atoms with Crippen molar-refractivity contribution < 1.29 is 14.1 Å². The summed E-state index contributed by atoms with van der Waals surface area (Å²) >= 11 is 6.22. The number of halogens is 1. The highest BCUT2D eigenvalue weighted by Crippen LogP contribution is 2.34. The van der Waals surface area contributed by atoms with Crippen molar-refractivity contribution in [3.05, 3.63) is 71.0 Å². The second-order valence-corrected chi connectivity index (χ2v) is 7.71. The van der Waals surface area contributed by atoms with E-state index in [-0.39, 0.29) is 11.8 Å². The minimum absolute atomic E-state index is 0.00390. The highest BCUT2D eigenvalue weighted by Gasteiger charge is 2.34. The third-order valence-corrected chi connectivity index (χ3v) is 5.73. The molecule has 1 N–H and O–H groups in total. The Morgan fingerprint density at radius 2 is 2.17 bits per heavy atom. The summed E-state index contributed by atoms with van der Waals surface area (Å²) in [5, 5.41) is 5.74. The molecule has 1 unspecified atom stereocenters. The van der Waals surface area contributed by atoms with Crippen molar-refractivity contribution in [2.45, 2.75) is 18.8 Å². The van der Waals surface area contributed by atoms with Gasteiger partial charge in [0.25, 0.3) is 0 Å². The number of ether oxygens (including phenoxy) is 1. The van der Waals surface area contributed by atoms with E-state index in [0.717, 1.165) is 22.2 Å². The normalized spacial score (nSPS) is 16.5. The van der Waals surface area contributed by atoms with Crippen LogP contribution in [0.4, 0.5) is 5.69 Å². The number of benzene rings is 2. The number of carbonyl (C=O) groups excluding carboxylic acids is 1. The standard InChI is InChI=1S/C22H19ClN4O3/c1-29-19-7-6-15(10-17(19)23)27-12-14(9-21(27)28)22-25-20(30-26-22)8-13-11-24-18-5-3-2-4-16(13)18/h2-7,10-11,14,24H,8-9,12H2,1H3. The third kappa shape index (κ3) is 3.31. The maximum atomic E-state index is 12.6. The predicted octanol–water partition coefficient (Wildman–Crippen LogP) is 4.32. The first-order valence-corrected chi connectivity index (χ1v) is 10.0. The molecule has 2 aromatic carbocycles. The molecule has 8 heteroatoms. The first kappa shape index (κ1) is 18.7. The van der Waals surface area contributed by atoms with Crippen LogP contribution in [0, 0.1) is 0 Å². The van der Waals surface area contributed by atoms with Gasteiger partial charge in [-0.15, -0.1) is 0 Å². The zero-order valence-corrected chi connectivity index (χ0v) is 17.0. The lowest BCUT2D eigenvalue weighted by Gasteiger charge is -2.17. The number of rotatable bonds is 5. The first-order valence-electron chi connectivity index (χ1n) is 9.64. The fourth-order valence-electron chi connectivity index (χ4n) is 3.90. The van der Waals surface area contributed by atoms with E-state index in [9.17, 15) is 4.79 Å². The maximum Gasteiger partial charge on any atom is 0.231 e. The van der Waals surface area contributed by atoms with Crippen molar-refractivity contribution in [3.63, 3.8) is 0 Å². The SMILES string of the molecule is COc1ccc(N2CC(c3noc(Cc4c[nH]c5ccccc45)n3)CC2=O)cc1Cl. The predicted molar refractivity (Wildman–Crippen MR) is 113 cm³/mol. The van der Waals surface area contributed by atoms with E-state index in [0.29, 0.717) is 41.9 Å². The van der Waals surface area contributed by atoms with Gasteiger partial charge in [-0.1, -0.05) is 35.0 Å². The van der Waals surface area contributed by atoms with Gasteiger partial charge in [0.1, 0.15) is 5.75 Å². The molecule has 0 saturated carbocycles. The number of anilines is 1. The van der Waals surface area contributed by atoms with Crippen molar-refractivity contribution in [3.8, 4) is 5.75 Å². The Hall–Kier alpha value is -3.32. The van der Waals surface area contributed by atoms with E-state index in [1.54, 1.807) is 24.1 Å². The minimum atomic E-state index is -0.126. The molecule has 4 aromatic rings. The minimum Gasteiger partial charge on any atom is -0.495 e. The van der Waals surface area contributed by atoms with Crippen LogP contribution in [0.25, 0.3) is 10.9 Å². The van der Waals surface area contributed by atoms with Gasteiger partial charge in [0.05, 0.1) is 18.6 Å². The molecule has 1 atom stereocenters. The Morgan fingerprint density at radius 1 is 1.30 bits per heavy atom. The molecule has 1 aliphatic rings. The van der Waals surface area contributed by atoms with E-state index in [4.69, 9.17) is 20.9 Å². The number of para-hydroxylation sites is 1. The van der Waals surface area contributed by atoms with Crippen LogP contribution in [0.2, 0.25) is 5.02 Å². The molecule has 152 valence electrons. The first-order chi connectivity index (χ1) is 14.6. The molecule has 1 saturated heterocycles. The van der Waals surface area contributed by atoms with Crippen LogP contribution in [-0.4, -0.2) is 34.7 Å². The van der Waals surface area contributed by atoms with Gasteiger partial charge >= 0.3 is 0 Å². The number of H-pyrrole nitrogens is 1. The molecule has 1 fully saturated rings. The number of fused-ring (bicyclic) bond motifs is 1. The van der Waals surface area contributed by atoms with Gasteiger partial charge in [0, 0.05) is 41.7 Å². The van der Waals surface area contributed by atoms with Crippen molar-refractivity contribution in [1.29, 1.82) is 0 Å². The summed E-state index contributed by atoms with van der Waals surface area (Å²) in [5.74, 6) is 1.54. The molecule has 0 bridgehead atoms. The Balaban J connectivity index is 1.33. The monoisotopic (exact) mass is 422 g/mol. The van der Waals surface area contributed by atoms with Crippen LogP contribution in [-0.2, 0) is 11.2 Å². The number of aromatic nitrogens is 3. The average molecular weight is 423 g/mol. The molecular weight excluding hydrogens is 404 g/mol. The number of aromatic amines is 1. The molecule has 7 nitrogen and oxygen atoms in total. The van der Waals surface area contributed by atoms with Gasteiger partial charge in [-0.3, -0.25) is 4.79 Å². The summed E-state index contributed by atoms with van der Waals surface area (Å²) in [5.41, 5.74) is 2.90. The van der Waals surface area contributed by atoms with E-state index in [1.165, 1.54) is 0 Å². The van der Waals surface area contributed by atoms with Crippen LogP contribution in [0.5, 0.6) is 5.75 Å². The molecule has 1 amide bonds. The number of hydrogen-bond donors (Lipinski definition) is 1. The molecule has 5 rings (SSSR count). The summed E-state index contributed by atoms with van der Waals surface area (Å²) in [6.07, 6.45) is 2.83. The fourth-order valence-corrected chi connectivity index (χ4v) is 4.15. The van der Waals surface area contributed by atoms with Crippen LogP contribution in [0.15, 0.2) is 53.2 Å². The van der Waals surface area contributed by atoms with Gasteiger partial charge in [-0.25, -0.2) is 0 Å². The van der Waals surface area contributed by atoms with Crippen molar-refractivity contribution >= 4 is 34.1 Å². The van der Waals surface area contributed by atoms with Crippen LogP contribution >= 0.6 is 11.6 Å².